The third-order valence-corrected chi connectivity index (χ3v) is 2.45. The smallest absolute Gasteiger partial charge is 0.137 e. The van der Waals surface area contributed by atoms with Gasteiger partial charge in [0, 0.05) is 6.54 Å². The molecule has 0 aliphatic rings. The van der Waals surface area contributed by atoms with Crippen molar-refractivity contribution in [2.24, 2.45) is 0 Å². The van der Waals surface area contributed by atoms with E-state index in [-0.39, 0.29) is 0 Å². The zero-order chi connectivity index (χ0) is 11.8. The van der Waals surface area contributed by atoms with Crippen molar-refractivity contribution >= 4 is 11.6 Å². The molecular weight excluding hydrogens is 226 g/mol. The molecule has 0 aliphatic carbocycles. The van der Waals surface area contributed by atoms with Crippen molar-refractivity contribution in [3.8, 4) is 5.75 Å². The van der Waals surface area contributed by atoms with E-state index in [1.807, 2.05) is 18.2 Å². The van der Waals surface area contributed by atoms with Gasteiger partial charge in [0.15, 0.2) is 0 Å². The second kappa shape index (κ2) is 7.49. The third-order valence-electron chi connectivity index (χ3n) is 2.16. The molecule has 0 fully saturated rings. The first-order chi connectivity index (χ1) is 7.77. The quantitative estimate of drug-likeness (QED) is 0.747. The number of halogens is 1. The first kappa shape index (κ1) is 13.3. The van der Waals surface area contributed by atoms with E-state index in [4.69, 9.17) is 21.1 Å². The average molecular weight is 244 g/mol. The molecule has 1 aromatic carbocycles. The van der Waals surface area contributed by atoms with Gasteiger partial charge in [0.2, 0.25) is 0 Å². The number of methoxy groups -OCH3 is 1. The Labute approximate surface area is 102 Å². The minimum Gasteiger partial charge on any atom is -0.495 e. The van der Waals surface area contributed by atoms with Crippen LogP contribution < -0.4 is 10.1 Å². The Hall–Kier alpha value is -0.770. The molecule has 0 aliphatic heterocycles. The summed E-state index contributed by atoms with van der Waals surface area (Å²) in [7, 11) is 1.60. The molecule has 0 atom stereocenters. The van der Waals surface area contributed by atoms with Gasteiger partial charge in [-0.2, -0.15) is 0 Å². The van der Waals surface area contributed by atoms with E-state index < -0.39 is 0 Å². The molecule has 0 bridgehead atoms. The average Bonchev–Trinajstić information content (AvgIpc) is 2.29. The monoisotopic (exact) mass is 243 g/mol. The molecule has 3 nitrogen and oxygen atoms in total. The van der Waals surface area contributed by atoms with E-state index >= 15 is 0 Å². The molecule has 1 rings (SSSR count). The lowest BCUT2D eigenvalue weighted by atomic mass is 10.2. The summed E-state index contributed by atoms with van der Waals surface area (Å²) < 4.78 is 10.6. The Kier molecular flexibility index (Phi) is 6.23. The van der Waals surface area contributed by atoms with Crippen molar-refractivity contribution < 1.29 is 9.47 Å². The molecule has 0 spiro atoms. The van der Waals surface area contributed by atoms with E-state index in [1.165, 1.54) is 0 Å². The molecule has 16 heavy (non-hydrogen) atoms. The third kappa shape index (κ3) is 4.39. The minimum atomic E-state index is 0.578. The van der Waals surface area contributed by atoms with Gasteiger partial charge >= 0.3 is 0 Å². The highest BCUT2D eigenvalue weighted by Gasteiger charge is 2.01. The van der Waals surface area contributed by atoms with Gasteiger partial charge in [0.25, 0.3) is 0 Å². The Morgan fingerprint density at radius 1 is 1.38 bits per heavy atom. The lowest BCUT2D eigenvalue weighted by Gasteiger charge is -2.07. The predicted molar refractivity (Wildman–Crippen MR) is 66.2 cm³/mol. The number of hydrogen-bond donors (Lipinski definition) is 1. The van der Waals surface area contributed by atoms with Crippen LogP contribution in [-0.4, -0.2) is 26.8 Å². The number of rotatable bonds is 7. The van der Waals surface area contributed by atoms with E-state index in [0.717, 1.165) is 18.7 Å². The van der Waals surface area contributed by atoms with Crippen LogP contribution in [0.25, 0.3) is 0 Å². The molecule has 0 saturated heterocycles. The molecule has 1 N–H and O–H groups in total. The van der Waals surface area contributed by atoms with Crippen LogP contribution in [0.2, 0.25) is 5.02 Å². The maximum Gasteiger partial charge on any atom is 0.137 e. The Balaban J connectivity index is 2.34. The van der Waals surface area contributed by atoms with Crippen molar-refractivity contribution in [1.29, 1.82) is 0 Å². The largest absolute Gasteiger partial charge is 0.495 e. The Morgan fingerprint density at radius 2 is 2.19 bits per heavy atom. The van der Waals surface area contributed by atoms with Gasteiger partial charge in [-0.25, -0.2) is 0 Å². The maximum atomic E-state index is 6.00. The van der Waals surface area contributed by atoms with Crippen molar-refractivity contribution in [3.05, 3.63) is 28.8 Å². The van der Waals surface area contributed by atoms with E-state index in [2.05, 4.69) is 12.2 Å². The number of likely N-dealkylation sites (N-methyl/N-ethyl adjacent to an activating group) is 1. The van der Waals surface area contributed by atoms with Crippen molar-refractivity contribution in [1.82, 2.24) is 5.32 Å². The lowest BCUT2D eigenvalue weighted by molar-refractivity contribution is 0.123. The molecule has 4 heteroatoms. The molecule has 0 radical (unpaired) electrons. The fourth-order valence-corrected chi connectivity index (χ4v) is 1.59. The zero-order valence-corrected chi connectivity index (χ0v) is 10.5. The number of benzene rings is 1. The van der Waals surface area contributed by atoms with Crippen LogP contribution in [0.15, 0.2) is 18.2 Å². The fourth-order valence-electron chi connectivity index (χ4n) is 1.31. The summed E-state index contributed by atoms with van der Waals surface area (Å²) in [5, 5.41) is 3.81. The Bertz CT molecular complexity index is 318. The number of nitrogens with one attached hydrogen (secondary N) is 1. The fraction of sp³-hybridized carbons (Fsp3) is 0.500. The van der Waals surface area contributed by atoms with Crippen molar-refractivity contribution in [3.63, 3.8) is 0 Å². The second-order valence-corrected chi connectivity index (χ2v) is 3.78. The van der Waals surface area contributed by atoms with Crippen LogP contribution in [0.1, 0.15) is 12.5 Å². The summed E-state index contributed by atoms with van der Waals surface area (Å²) in [5.74, 6) is 0.693. The zero-order valence-electron chi connectivity index (χ0n) is 9.75. The molecule has 0 amide bonds. The number of hydrogen-bond acceptors (Lipinski definition) is 3. The van der Waals surface area contributed by atoms with Gasteiger partial charge in [0.05, 0.1) is 25.3 Å². The van der Waals surface area contributed by atoms with E-state index in [0.29, 0.717) is 24.0 Å². The van der Waals surface area contributed by atoms with Gasteiger partial charge < -0.3 is 14.8 Å². The van der Waals surface area contributed by atoms with Gasteiger partial charge in [-0.1, -0.05) is 24.6 Å². The second-order valence-electron chi connectivity index (χ2n) is 3.38. The van der Waals surface area contributed by atoms with Crippen LogP contribution in [0, 0.1) is 0 Å². The van der Waals surface area contributed by atoms with Gasteiger partial charge in [-0.3, -0.25) is 0 Å². The summed E-state index contributed by atoms with van der Waals surface area (Å²) in [4.78, 5) is 0. The summed E-state index contributed by atoms with van der Waals surface area (Å²) in [5.41, 5.74) is 1.06. The minimum absolute atomic E-state index is 0.578. The molecule has 0 saturated carbocycles. The van der Waals surface area contributed by atoms with Gasteiger partial charge in [-0.15, -0.1) is 0 Å². The highest BCUT2D eigenvalue weighted by atomic mass is 35.5. The highest BCUT2D eigenvalue weighted by molar-refractivity contribution is 6.32. The first-order valence-corrected chi connectivity index (χ1v) is 5.76. The van der Waals surface area contributed by atoms with Gasteiger partial charge in [0.1, 0.15) is 5.75 Å². The Morgan fingerprint density at radius 3 is 2.81 bits per heavy atom. The summed E-state index contributed by atoms with van der Waals surface area (Å²) in [6.07, 6.45) is 0. The highest BCUT2D eigenvalue weighted by Crippen LogP contribution is 2.25. The maximum absolute atomic E-state index is 6.00. The molecule has 90 valence electrons. The van der Waals surface area contributed by atoms with Crippen molar-refractivity contribution in [2.75, 3.05) is 26.8 Å². The number of ether oxygens (including phenoxy) is 2. The topological polar surface area (TPSA) is 30.5 Å². The molecule has 1 aromatic rings. The van der Waals surface area contributed by atoms with Crippen LogP contribution >= 0.6 is 11.6 Å². The molecule has 0 unspecified atom stereocenters. The predicted octanol–water partition coefficient (Wildman–Crippen LogP) is 2.47. The summed E-state index contributed by atoms with van der Waals surface area (Å²) >= 11 is 6.00. The van der Waals surface area contributed by atoms with E-state index in [1.54, 1.807) is 7.11 Å². The normalized spacial score (nSPS) is 10.4. The summed E-state index contributed by atoms with van der Waals surface area (Å²) in [6.45, 7) is 5.20. The first-order valence-electron chi connectivity index (χ1n) is 5.38. The molecular formula is C12H18ClNO2. The lowest BCUT2D eigenvalue weighted by Crippen LogP contribution is -2.18. The SMILES string of the molecule is CCNCCOCc1ccc(OC)c(Cl)c1. The summed E-state index contributed by atoms with van der Waals surface area (Å²) in [6, 6.07) is 5.68. The van der Waals surface area contributed by atoms with Crippen LogP contribution in [-0.2, 0) is 11.3 Å². The standard InChI is InChI=1S/C12H18ClNO2/c1-3-14-6-7-16-9-10-4-5-12(15-2)11(13)8-10/h4-5,8,14H,3,6-7,9H2,1-2H3. The van der Waals surface area contributed by atoms with Crippen LogP contribution in [0.5, 0.6) is 5.75 Å². The van der Waals surface area contributed by atoms with Gasteiger partial charge in [-0.05, 0) is 24.2 Å². The van der Waals surface area contributed by atoms with E-state index in [9.17, 15) is 0 Å². The van der Waals surface area contributed by atoms with Crippen LogP contribution in [0.3, 0.4) is 0 Å². The van der Waals surface area contributed by atoms with Crippen LogP contribution in [0.4, 0.5) is 0 Å². The van der Waals surface area contributed by atoms with Crippen molar-refractivity contribution in [2.45, 2.75) is 13.5 Å². The molecule has 0 aromatic heterocycles. The molecule has 0 heterocycles.